The Bertz CT molecular complexity index is 622. The van der Waals surface area contributed by atoms with E-state index in [9.17, 15) is 4.79 Å². The van der Waals surface area contributed by atoms with Crippen LogP contribution in [0.15, 0.2) is 36.4 Å². The fraction of sp³-hybridized carbons (Fsp3) is 0.312. The molecule has 0 saturated heterocycles. The lowest BCUT2D eigenvalue weighted by atomic mass is 9.95. The van der Waals surface area contributed by atoms with E-state index >= 15 is 0 Å². The predicted molar refractivity (Wildman–Crippen MR) is 79.2 cm³/mol. The van der Waals surface area contributed by atoms with Crippen molar-refractivity contribution in [3.05, 3.63) is 42.0 Å². The lowest BCUT2D eigenvalue weighted by molar-refractivity contribution is -0.138. The van der Waals surface area contributed by atoms with Crippen LogP contribution >= 0.6 is 0 Å². The number of benzene rings is 2. The molecule has 106 valence electrons. The maximum atomic E-state index is 11.2. The third kappa shape index (κ3) is 2.75. The second-order valence-electron chi connectivity index (χ2n) is 4.98. The van der Waals surface area contributed by atoms with Crippen LogP contribution in [0.3, 0.4) is 0 Å². The van der Waals surface area contributed by atoms with Gasteiger partial charge in [-0.1, -0.05) is 30.3 Å². The Kier molecular flexibility index (Phi) is 4.25. The van der Waals surface area contributed by atoms with Crippen LogP contribution in [-0.4, -0.2) is 37.2 Å². The molecule has 0 aliphatic rings. The molecular formula is C16H19NO3. The van der Waals surface area contributed by atoms with Crippen molar-refractivity contribution in [2.75, 3.05) is 21.2 Å². The third-order valence-electron chi connectivity index (χ3n) is 3.48. The molecule has 2 rings (SSSR count). The van der Waals surface area contributed by atoms with E-state index in [1.807, 2.05) is 55.4 Å². The van der Waals surface area contributed by atoms with E-state index in [0.29, 0.717) is 0 Å². The van der Waals surface area contributed by atoms with Crippen LogP contribution in [0.5, 0.6) is 5.75 Å². The van der Waals surface area contributed by atoms with E-state index in [1.165, 1.54) is 0 Å². The Morgan fingerprint density at radius 2 is 1.95 bits per heavy atom. The molecule has 0 aromatic heterocycles. The quantitative estimate of drug-likeness (QED) is 0.910. The van der Waals surface area contributed by atoms with Crippen molar-refractivity contribution < 1.29 is 14.6 Å². The third-order valence-corrected chi connectivity index (χ3v) is 3.48. The smallest absolute Gasteiger partial charge is 0.305 e. The molecule has 1 atom stereocenters. The average molecular weight is 273 g/mol. The van der Waals surface area contributed by atoms with Crippen LogP contribution in [0.4, 0.5) is 0 Å². The number of carbonyl (C=O) groups is 1. The van der Waals surface area contributed by atoms with Crippen LogP contribution < -0.4 is 4.74 Å². The fourth-order valence-electron chi connectivity index (χ4n) is 2.51. The van der Waals surface area contributed by atoms with E-state index < -0.39 is 5.97 Å². The first-order valence-electron chi connectivity index (χ1n) is 6.48. The molecule has 4 heteroatoms. The molecule has 0 bridgehead atoms. The molecule has 2 aromatic carbocycles. The van der Waals surface area contributed by atoms with E-state index in [1.54, 1.807) is 7.11 Å². The lowest BCUT2D eigenvalue weighted by Crippen LogP contribution is -2.23. The highest BCUT2D eigenvalue weighted by atomic mass is 16.5. The molecule has 0 aliphatic carbocycles. The number of aliphatic carboxylic acids is 1. The Morgan fingerprint density at radius 1 is 1.25 bits per heavy atom. The standard InChI is InChI=1S/C16H19NO3/c1-17(2)13(10-15(18)19)16-12-7-5-4-6-11(12)8-9-14(16)20-3/h4-9,13H,10H2,1-3H3,(H,18,19). The largest absolute Gasteiger partial charge is 0.496 e. The normalized spacial score (nSPS) is 12.6. The number of hydrogen-bond donors (Lipinski definition) is 1. The molecule has 0 amide bonds. The number of nitrogens with zero attached hydrogens (tertiary/aromatic N) is 1. The number of carboxylic acid groups (broad SMARTS) is 1. The van der Waals surface area contributed by atoms with Crippen molar-refractivity contribution in [2.45, 2.75) is 12.5 Å². The molecule has 0 heterocycles. The second kappa shape index (κ2) is 5.92. The number of carboxylic acids is 1. The Morgan fingerprint density at radius 3 is 2.55 bits per heavy atom. The van der Waals surface area contributed by atoms with Crippen molar-refractivity contribution in [1.29, 1.82) is 0 Å². The van der Waals surface area contributed by atoms with Gasteiger partial charge >= 0.3 is 5.97 Å². The minimum absolute atomic E-state index is 0.0391. The molecule has 0 radical (unpaired) electrons. The van der Waals surface area contributed by atoms with Crippen LogP contribution in [0, 0.1) is 0 Å². The summed E-state index contributed by atoms with van der Waals surface area (Å²) in [6, 6.07) is 11.6. The molecule has 0 aliphatic heterocycles. The zero-order valence-corrected chi connectivity index (χ0v) is 12.0. The number of fused-ring (bicyclic) bond motifs is 1. The summed E-state index contributed by atoms with van der Waals surface area (Å²) in [6.07, 6.45) is 0.0391. The van der Waals surface area contributed by atoms with Gasteiger partial charge in [-0.15, -0.1) is 0 Å². The van der Waals surface area contributed by atoms with Crippen molar-refractivity contribution >= 4 is 16.7 Å². The molecular weight excluding hydrogens is 254 g/mol. The second-order valence-corrected chi connectivity index (χ2v) is 4.98. The summed E-state index contributed by atoms with van der Waals surface area (Å²) in [5.41, 5.74) is 0.929. The summed E-state index contributed by atoms with van der Waals surface area (Å²) in [6.45, 7) is 0. The summed E-state index contributed by atoms with van der Waals surface area (Å²) in [4.78, 5) is 13.1. The number of hydrogen-bond acceptors (Lipinski definition) is 3. The first-order valence-corrected chi connectivity index (χ1v) is 6.48. The fourth-order valence-corrected chi connectivity index (χ4v) is 2.51. The Labute approximate surface area is 118 Å². The lowest BCUT2D eigenvalue weighted by Gasteiger charge is -2.26. The van der Waals surface area contributed by atoms with Gasteiger partial charge in [0.1, 0.15) is 5.75 Å². The molecule has 2 aromatic rings. The molecule has 0 saturated carbocycles. The van der Waals surface area contributed by atoms with Gasteiger partial charge < -0.3 is 14.7 Å². The summed E-state index contributed by atoms with van der Waals surface area (Å²) >= 11 is 0. The van der Waals surface area contributed by atoms with E-state index in [-0.39, 0.29) is 12.5 Å². The van der Waals surface area contributed by atoms with Gasteiger partial charge in [0.15, 0.2) is 0 Å². The minimum atomic E-state index is -0.821. The number of ether oxygens (including phenoxy) is 1. The van der Waals surface area contributed by atoms with Gasteiger partial charge in [0, 0.05) is 11.6 Å². The van der Waals surface area contributed by atoms with Crippen molar-refractivity contribution in [3.63, 3.8) is 0 Å². The Balaban J connectivity index is 2.67. The van der Waals surface area contributed by atoms with Gasteiger partial charge in [-0.2, -0.15) is 0 Å². The molecule has 1 N–H and O–H groups in total. The van der Waals surface area contributed by atoms with Gasteiger partial charge in [-0.25, -0.2) is 0 Å². The molecule has 1 unspecified atom stereocenters. The van der Waals surface area contributed by atoms with Crippen LogP contribution in [0.2, 0.25) is 0 Å². The van der Waals surface area contributed by atoms with Gasteiger partial charge in [-0.3, -0.25) is 4.79 Å². The summed E-state index contributed by atoms with van der Waals surface area (Å²) < 4.78 is 5.45. The van der Waals surface area contributed by atoms with E-state index in [2.05, 4.69) is 0 Å². The van der Waals surface area contributed by atoms with Gasteiger partial charge in [-0.05, 0) is 30.9 Å². The first kappa shape index (κ1) is 14.3. The molecule has 0 spiro atoms. The topological polar surface area (TPSA) is 49.8 Å². The van der Waals surface area contributed by atoms with E-state index in [0.717, 1.165) is 22.1 Å². The van der Waals surface area contributed by atoms with Crippen LogP contribution in [0.25, 0.3) is 10.8 Å². The summed E-state index contributed by atoms with van der Waals surface area (Å²) in [5, 5.41) is 11.3. The predicted octanol–water partition coefficient (Wildman–Crippen LogP) is 2.93. The molecule has 20 heavy (non-hydrogen) atoms. The van der Waals surface area contributed by atoms with Crippen molar-refractivity contribution in [2.24, 2.45) is 0 Å². The molecule has 4 nitrogen and oxygen atoms in total. The zero-order chi connectivity index (χ0) is 14.7. The maximum absolute atomic E-state index is 11.2. The number of methoxy groups -OCH3 is 1. The highest BCUT2D eigenvalue weighted by molar-refractivity contribution is 5.88. The maximum Gasteiger partial charge on any atom is 0.305 e. The zero-order valence-electron chi connectivity index (χ0n) is 12.0. The van der Waals surface area contributed by atoms with Crippen molar-refractivity contribution in [3.8, 4) is 5.75 Å². The Hall–Kier alpha value is -2.07. The summed E-state index contributed by atoms with van der Waals surface area (Å²) in [5.74, 6) is -0.0951. The number of rotatable bonds is 5. The first-order chi connectivity index (χ1) is 9.54. The van der Waals surface area contributed by atoms with Gasteiger partial charge in [0.2, 0.25) is 0 Å². The van der Waals surface area contributed by atoms with E-state index in [4.69, 9.17) is 9.84 Å². The monoisotopic (exact) mass is 273 g/mol. The SMILES string of the molecule is COc1ccc2ccccc2c1C(CC(=O)O)N(C)C. The van der Waals surface area contributed by atoms with Gasteiger partial charge in [0.05, 0.1) is 13.5 Å². The van der Waals surface area contributed by atoms with Crippen molar-refractivity contribution in [1.82, 2.24) is 4.90 Å². The minimum Gasteiger partial charge on any atom is -0.496 e. The highest BCUT2D eigenvalue weighted by Gasteiger charge is 2.23. The van der Waals surface area contributed by atoms with Gasteiger partial charge in [0.25, 0.3) is 0 Å². The highest BCUT2D eigenvalue weighted by Crippen LogP contribution is 2.36. The summed E-state index contributed by atoms with van der Waals surface area (Å²) in [7, 11) is 5.38. The van der Waals surface area contributed by atoms with Crippen LogP contribution in [0.1, 0.15) is 18.0 Å². The average Bonchev–Trinajstić information content (AvgIpc) is 2.43. The van der Waals surface area contributed by atoms with Crippen LogP contribution in [-0.2, 0) is 4.79 Å². The molecule has 0 fully saturated rings.